The Morgan fingerprint density at radius 3 is 2.47 bits per heavy atom. The number of amides is 2. The fraction of sp³-hybridized carbons (Fsp3) is 0.258. The Kier molecular flexibility index (Phi) is 7.68. The van der Waals surface area contributed by atoms with Crippen LogP contribution >= 0.6 is 23.2 Å². The zero-order valence-electron chi connectivity index (χ0n) is 23.5. The Morgan fingerprint density at radius 2 is 1.74 bits per heavy atom. The number of likely N-dealkylation sites (tertiary alicyclic amines) is 1. The highest BCUT2D eigenvalue weighted by Crippen LogP contribution is 2.42. The molecule has 1 spiro atoms. The second-order valence-corrected chi connectivity index (χ2v) is 11.5. The number of hydrogen-bond donors (Lipinski definition) is 2. The molecule has 2 aliphatic heterocycles. The van der Waals surface area contributed by atoms with Crippen molar-refractivity contribution in [1.29, 1.82) is 0 Å². The second-order valence-electron chi connectivity index (χ2n) is 10.8. The maximum Gasteiger partial charge on any atom is 0.279 e. The molecule has 2 amide bonds. The topological polar surface area (TPSA) is 118 Å². The molecule has 2 aromatic carbocycles. The first-order valence-corrected chi connectivity index (χ1v) is 14.4. The molecule has 2 aliphatic rings. The maximum atomic E-state index is 12.9. The molecule has 220 valence electrons. The third-order valence-corrected chi connectivity index (χ3v) is 8.83. The molecular formula is C31H28Cl2N6O4. The second kappa shape index (κ2) is 11.4. The number of halogens is 2. The normalized spacial score (nSPS) is 15.7. The van der Waals surface area contributed by atoms with Gasteiger partial charge in [0.25, 0.3) is 11.5 Å². The zero-order chi connectivity index (χ0) is 30.3. The van der Waals surface area contributed by atoms with Crippen LogP contribution < -0.4 is 20.9 Å². The van der Waals surface area contributed by atoms with Crippen LogP contribution in [0.15, 0.2) is 65.6 Å². The van der Waals surface area contributed by atoms with Crippen molar-refractivity contribution in [2.45, 2.75) is 13.0 Å². The molecule has 0 atom stereocenters. The average molecular weight is 620 g/mol. The number of carbonyl (C=O) groups is 2. The number of aryl methyl sites for hydroxylation is 1. The summed E-state index contributed by atoms with van der Waals surface area (Å²) in [5, 5.41) is 10.2. The van der Waals surface area contributed by atoms with E-state index in [-0.39, 0.29) is 21.9 Å². The van der Waals surface area contributed by atoms with Gasteiger partial charge < -0.3 is 15.4 Å². The van der Waals surface area contributed by atoms with E-state index in [1.54, 1.807) is 25.3 Å². The van der Waals surface area contributed by atoms with Crippen LogP contribution in [0.3, 0.4) is 0 Å². The molecule has 10 nitrogen and oxygen atoms in total. The predicted octanol–water partition coefficient (Wildman–Crippen LogP) is 4.40. The molecule has 6 rings (SSSR count). The summed E-state index contributed by atoms with van der Waals surface area (Å²) in [4.78, 5) is 44.4. The molecule has 43 heavy (non-hydrogen) atoms. The van der Waals surface area contributed by atoms with Gasteiger partial charge in [-0.05, 0) is 24.6 Å². The van der Waals surface area contributed by atoms with Gasteiger partial charge in [0, 0.05) is 61.7 Å². The van der Waals surface area contributed by atoms with Gasteiger partial charge in [-0.3, -0.25) is 19.3 Å². The van der Waals surface area contributed by atoms with E-state index in [2.05, 4.69) is 20.6 Å². The lowest BCUT2D eigenvalue weighted by molar-refractivity contribution is -0.137. The molecule has 4 aromatic rings. The smallest absolute Gasteiger partial charge is 0.279 e. The number of aromatic nitrogens is 3. The first kappa shape index (κ1) is 28.9. The Morgan fingerprint density at radius 1 is 1.02 bits per heavy atom. The Bertz CT molecular complexity index is 1820. The van der Waals surface area contributed by atoms with Gasteiger partial charge in [0.1, 0.15) is 5.56 Å². The molecule has 2 saturated heterocycles. The van der Waals surface area contributed by atoms with Crippen molar-refractivity contribution in [2.24, 2.45) is 12.5 Å². The van der Waals surface area contributed by atoms with E-state index in [4.69, 9.17) is 32.9 Å². The predicted molar refractivity (Wildman–Crippen MR) is 164 cm³/mol. The van der Waals surface area contributed by atoms with E-state index in [1.807, 2.05) is 30.3 Å². The van der Waals surface area contributed by atoms with Crippen LogP contribution in [-0.2, 0) is 18.4 Å². The van der Waals surface area contributed by atoms with E-state index in [9.17, 15) is 14.4 Å². The summed E-state index contributed by atoms with van der Waals surface area (Å²) in [6.07, 6.45) is 2.25. The highest BCUT2D eigenvalue weighted by atomic mass is 35.5. The molecular weight excluding hydrogens is 591 g/mol. The minimum Gasteiger partial charge on any atom is -0.481 e. The molecule has 2 fully saturated rings. The minimum atomic E-state index is -0.599. The first-order chi connectivity index (χ1) is 20.7. The molecule has 0 unspecified atom stereocenters. The first-order valence-electron chi connectivity index (χ1n) is 13.7. The average Bonchev–Trinajstić information content (AvgIpc) is 3.37. The molecule has 0 aliphatic carbocycles. The van der Waals surface area contributed by atoms with Gasteiger partial charge in [-0.15, -0.1) is 0 Å². The Labute approximate surface area is 257 Å². The van der Waals surface area contributed by atoms with Crippen LogP contribution in [0.2, 0.25) is 10.0 Å². The van der Waals surface area contributed by atoms with Crippen molar-refractivity contribution >= 4 is 40.7 Å². The fourth-order valence-electron chi connectivity index (χ4n) is 5.74. The van der Waals surface area contributed by atoms with Gasteiger partial charge in [-0.2, -0.15) is 5.10 Å². The van der Waals surface area contributed by atoms with E-state index >= 15 is 0 Å². The monoisotopic (exact) mass is 618 g/mol. The van der Waals surface area contributed by atoms with Crippen molar-refractivity contribution in [3.8, 4) is 28.3 Å². The van der Waals surface area contributed by atoms with Crippen molar-refractivity contribution < 1.29 is 14.3 Å². The molecule has 0 radical (unpaired) electrons. The summed E-state index contributed by atoms with van der Waals surface area (Å²) >= 11 is 13.7. The summed E-state index contributed by atoms with van der Waals surface area (Å²) in [6.45, 7) is 2.80. The largest absolute Gasteiger partial charge is 0.481 e. The molecule has 12 heteroatoms. The van der Waals surface area contributed by atoms with Crippen molar-refractivity contribution in [3.63, 3.8) is 0 Å². The summed E-state index contributed by atoms with van der Waals surface area (Å²) in [7, 11) is 3.05. The SMILES string of the molecule is COc1nc(-c2cccc(-c3cccc(NC(=O)c4ccnn(C)c4=O)c3Cl)c2Cl)ccc1CN1CC2(CCNC2=O)C1. The molecule has 4 heterocycles. The van der Waals surface area contributed by atoms with Crippen LogP contribution in [-0.4, -0.2) is 58.2 Å². The number of methoxy groups -OCH3 is 1. The number of carbonyl (C=O) groups excluding carboxylic acids is 2. The summed E-state index contributed by atoms with van der Waals surface area (Å²) in [5.74, 6) is 0.0326. The van der Waals surface area contributed by atoms with Crippen molar-refractivity contribution in [2.75, 3.05) is 32.1 Å². The van der Waals surface area contributed by atoms with Crippen molar-refractivity contribution in [3.05, 3.63) is 92.3 Å². The summed E-state index contributed by atoms with van der Waals surface area (Å²) in [5.41, 5.74) is 2.96. The molecule has 0 bridgehead atoms. The highest BCUT2D eigenvalue weighted by Gasteiger charge is 2.51. The lowest BCUT2D eigenvalue weighted by Gasteiger charge is -2.46. The van der Waals surface area contributed by atoms with E-state index in [0.29, 0.717) is 45.5 Å². The Balaban J connectivity index is 1.25. The number of benzene rings is 2. The van der Waals surface area contributed by atoms with Crippen LogP contribution in [0.4, 0.5) is 5.69 Å². The van der Waals surface area contributed by atoms with Crippen molar-refractivity contribution in [1.82, 2.24) is 25.0 Å². The molecule has 0 saturated carbocycles. The maximum absolute atomic E-state index is 12.9. The third-order valence-electron chi connectivity index (χ3n) is 8.01. The minimum absolute atomic E-state index is 0.0554. The number of hydrogen-bond acceptors (Lipinski definition) is 7. The fourth-order valence-corrected chi connectivity index (χ4v) is 6.34. The van der Waals surface area contributed by atoms with E-state index in [1.165, 1.54) is 19.3 Å². The van der Waals surface area contributed by atoms with Gasteiger partial charge in [0.05, 0.1) is 34.0 Å². The van der Waals surface area contributed by atoms with Crippen LogP contribution in [0.1, 0.15) is 22.3 Å². The number of anilines is 1. The number of rotatable bonds is 7. The van der Waals surface area contributed by atoms with Gasteiger partial charge in [0.2, 0.25) is 11.8 Å². The standard InChI is InChI=1S/C31H28Cl2N6O4/c1-38-29(41)22(11-13-35-38)27(40)36-24-8-4-6-20(26(24)33)19-5-3-7-21(25(19)32)23-10-9-18(28(37-23)43-2)15-39-16-31(17-39)12-14-34-30(31)42/h3-11,13H,12,14-17H2,1-2H3,(H,34,42)(H,36,40). The zero-order valence-corrected chi connectivity index (χ0v) is 25.0. The number of nitrogens with one attached hydrogen (secondary N) is 2. The lowest BCUT2D eigenvalue weighted by Crippen LogP contribution is -2.59. The number of nitrogens with zero attached hydrogens (tertiary/aromatic N) is 4. The Hall–Kier alpha value is -4.25. The van der Waals surface area contributed by atoms with Crippen LogP contribution in [0, 0.1) is 5.41 Å². The number of pyridine rings is 1. The molecule has 2 aromatic heterocycles. The summed E-state index contributed by atoms with van der Waals surface area (Å²) in [6, 6.07) is 16.0. The quantitative estimate of drug-likeness (QED) is 0.315. The highest BCUT2D eigenvalue weighted by molar-refractivity contribution is 6.39. The number of ether oxygens (including phenoxy) is 1. The lowest BCUT2D eigenvalue weighted by atomic mass is 9.78. The van der Waals surface area contributed by atoms with Gasteiger partial charge in [-0.25, -0.2) is 9.67 Å². The third kappa shape index (κ3) is 5.26. The van der Waals surface area contributed by atoms with Gasteiger partial charge >= 0.3 is 0 Å². The van der Waals surface area contributed by atoms with Gasteiger partial charge in [-0.1, -0.05) is 59.6 Å². The van der Waals surface area contributed by atoms with E-state index < -0.39 is 11.5 Å². The van der Waals surface area contributed by atoms with E-state index in [0.717, 1.165) is 36.3 Å². The van der Waals surface area contributed by atoms with Crippen LogP contribution in [0.5, 0.6) is 5.88 Å². The molecule has 2 N–H and O–H groups in total. The van der Waals surface area contributed by atoms with Gasteiger partial charge in [0.15, 0.2) is 0 Å². The van der Waals surface area contributed by atoms with Crippen LogP contribution in [0.25, 0.3) is 22.4 Å². The summed E-state index contributed by atoms with van der Waals surface area (Å²) < 4.78 is 6.73.